The van der Waals surface area contributed by atoms with Gasteiger partial charge in [0.1, 0.15) is 11.3 Å². The molecule has 152 valence electrons. The van der Waals surface area contributed by atoms with Crippen molar-refractivity contribution < 1.29 is 9.32 Å². The SMILES string of the molecule is Cc1noc(C)c1C(=O)N1CCN(CCn2nc(-n3cccn3)ccc2=O)CC1. The van der Waals surface area contributed by atoms with Crippen LogP contribution in [0, 0.1) is 13.8 Å². The minimum absolute atomic E-state index is 0.0364. The van der Waals surface area contributed by atoms with Crippen LogP contribution in [-0.4, -0.2) is 73.1 Å². The second kappa shape index (κ2) is 8.00. The molecule has 4 heterocycles. The molecule has 0 spiro atoms. The highest BCUT2D eigenvalue weighted by Gasteiger charge is 2.26. The monoisotopic (exact) mass is 397 g/mol. The van der Waals surface area contributed by atoms with Gasteiger partial charge in [-0.3, -0.25) is 14.5 Å². The van der Waals surface area contributed by atoms with Gasteiger partial charge in [0.2, 0.25) is 0 Å². The molecule has 1 saturated heterocycles. The Morgan fingerprint density at radius 3 is 2.59 bits per heavy atom. The number of piperazine rings is 1. The standard InChI is InChI=1S/C19H23N7O3/c1-14-18(15(2)29-22-14)19(28)24-11-8-23(9-12-24)10-13-26-17(27)5-4-16(21-26)25-7-3-6-20-25/h3-7H,8-13H2,1-2H3. The van der Waals surface area contributed by atoms with Crippen LogP contribution in [0.15, 0.2) is 39.9 Å². The third kappa shape index (κ3) is 3.97. The Balaban J connectivity index is 1.34. The lowest BCUT2D eigenvalue weighted by Gasteiger charge is -2.34. The van der Waals surface area contributed by atoms with Gasteiger partial charge >= 0.3 is 0 Å². The highest BCUT2D eigenvalue weighted by atomic mass is 16.5. The van der Waals surface area contributed by atoms with Gasteiger partial charge in [-0.1, -0.05) is 5.16 Å². The molecule has 0 aliphatic carbocycles. The molecule has 1 aliphatic heterocycles. The smallest absolute Gasteiger partial charge is 0.266 e. The minimum atomic E-state index is -0.145. The van der Waals surface area contributed by atoms with Crippen molar-refractivity contribution >= 4 is 5.91 Å². The minimum Gasteiger partial charge on any atom is -0.361 e. The van der Waals surface area contributed by atoms with Crippen LogP contribution in [-0.2, 0) is 6.54 Å². The lowest BCUT2D eigenvalue weighted by atomic mass is 10.1. The Labute approximate surface area is 167 Å². The topological polar surface area (TPSA) is 102 Å². The van der Waals surface area contributed by atoms with E-state index in [2.05, 4.69) is 20.3 Å². The van der Waals surface area contributed by atoms with Crippen LogP contribution in [0.2, 0.25) is 0 Å². The summed E-state index contributed by atoms with van der Waals surface area (Å²) in [6, 6.07) is 4.97. The lowest BCUT2D eigenvalue weighted by molar-refractivity contribution is 0.0629. The lowest BCUT2D eigenvalue weighted by Crippen LogP contribution is -2.49. The first kappa shape index (κ1) is 19.1. The second-order valence-electron chi connectivity index (χ2n) is 7.04. The molecular formula is C19H23N7O3. The molecule has 0 atom stereocenters. The van der Waals surface area contributed by atoms with Crippen molar-refractivity contribution in [3.8, 4) is 5.82 Å². The number of rotatable bonds is 5. The second-order valence-corrected chi connectivity index (χ2v) is 7.04. The van der Waals surface area contributed by atoms with Crippen molar-refractivity contribution in [1.82, 2.24) is 34.5 Å². The maximum Gasteiger partial charge on any atom is 0.266 e. The van der Waals surface area contributed by atoms with Gasteiger partial charge in [0.05, 0.1) is 12.2 Å². The van der Waals surface area contributed by atoms with E-state index in [0.717, 1.165) is 13.1 Å². The van der Waals surface area contributed by atoms with Crippen LogP contribution in [0.4, 0.5) is 0 Å². The number of carbonyl (C=O) groups is 1. The van der Waals surface area contributed by atoms with Gasteiger partial charge < -0.3 is 9.42 Å². The fraction of sp³-hybridized carbons (Fsp3) is 0.421. The summed E-state index contributed by atoms with van der Waals surface area (Å²) in [6.07, 6.45) is 3.45. The number of hydrogen-bond donors (Lipinski definition) is 0. The molecule has 0 saturated carbocycles. The van der Waals surface area contributed by atoms with Crippen molar-refractivity contribution in [3.05, 3.63) is 58.0 Å². The molecule has 0 radical (unpaired) electrons. The summed E-state index contributed by atoms with van der Waals surface area (Å²) in [6.45, 7) is 7.42. The van der Waals surface area contributed by atoms with Crippen molar-refractivity contribution in [2.24, 2.45) is 0 Å². The Kier molecular flexibility index (Phi) is 5.26. The highest BCUT2D eigenvalue weighted by molar-refractivity contribution is 5.96. The van der Waals surface area contributed by atoms with Gasteiger partial charge in [-0.05, 0) is 26.0 Å². The zero-order valence-electron chi connectivity index (χ0n) is 16.5. The molecule has 0 bridgehead atoms. The summed E-state index contributed by atoms with van der Waals surface area (Å²) in [5.41, 5.74) is 1.04. The van der Waals surface area contributed by atoms with Crippen molar-refractivity contribution in [2.45, 2.75) is 20.4 Å². The molecule has 0 aromatic carbocycles. The molecule has 1 amide bonds. The molecule has 1 aliphatic rings. The summed E-state index contributed by atoms with van der Waals surface area (Å²) < 4.78 is 8.19. The normalized spacial score (nSPS) is 15.0. The van der Waals surface area contributed by atoms with Gasteiger partial charge in [-0.2, -0.15) is 5.10 Å². The van der Waals surface area contributed by atoms with Crippen LogP contribution in [0.1, 0.15) is 21.8 Å². The molecule has 4 rings (SSSR count). The van der Waals surface area contributed by atoms with Crippen LogP contribution in [0.5, 0.6) is 0 Å². The van der Waals surface area contributed by atoms with Gasteiger partial charge in [0, 0.05) is 51.2 Å². The molecule has 1 fully saturated rings. The largest absolute Gasteiger partial charge is 0.361 e. The molecule has 29 heavy (non-hydrogen) atoms. The first-order valence-corrected chi connectivity index (χ1v) is 9.55. The quantitative estimate of drug-likeness (QED) is 0.617. The summed E-state index contributed by atoms with van der Waals surface area (Å²) in [5, 5.41) is 12.4. The number of hydrogen-bond acceptors (Lipinski definition) is 7. The number of aryl methyl sites for hydroxylation is 2. The van der Waals surface area contributed by atoms with E-state index in [1.54, 1.807) is 43.1 Å². The molecule has 3 aromatic heterocycles. The fourth-order valence-electron chi connectivity index (χ4n) is 3.48. The number of carbonyl (C=O) groups excluding carboxylic acids is 1. The van der Waals surface area contributed by atoms with E-state index in [1.165, 1.54) is 10.7 Å². The molecule has 10 nitrogen and oxygen atoms in total. The van der Waals surface area contributed by atoms with Crippen LogP contribution >= 0.6 is 0 Å². The van der Waals surface area contributed by atoms with Crippen LogP contribution in [0.3, 0.4) is 0 Å². The molecular weight excluding hydrogens is 374 g/mol. The van der Waals surface area contributed by atoms with Crippen molar-refractivity contribution in [3.63, 3.8) is 0 Å². The molecule has 3 aromatic rings. The first-order chi connectivity index (χ1) is 14.0. The van der Waals surface area contributed by atoms with E-state index in [-0.39, 0.29) is 11.5 Å². The van der Waals surface area contributed by atoms with Crippen molar-refractivity contribution in [2.75, 3.05) is 32.7 Å². The number of aromatic nitrogens is 5. The van der Waals surface area contributed by atoms with E-state index >= 15 is 0 Å². The fourth-order valence-corrected chi connectivity index (χ4v) is 3.48. The highest BCUT2D eigenvalue weighted by Crippen LogP contribution is 2.16. The molecule has 0 N–H and O–H groups in total. The van der Waals surface area contributed by atoms with Crippen LogP contribution in [0.25, 0.3) is 5.82 Å². The van der Waals surface area contributed by atoms with E-state index in [1.807, 2.05) is 4.90 Å². The van der Waals surface area contributed by atoms with Gasteiger partial charge in [-0.25, -0.2) is 9.36 Å². The zero-order valence-corrected chi connectivity index (χ0v) is 16.5. The third-order valence-electron chi connectivity index (χ3n) is 5.13. The Morgan fingerprint density at radius 1 is 1.14 bits per heavy atom. The first-order valence-electron chi connectivity index (χ1n) is 9.55. The Bertz CT molecular complexity index is 1030. The maximum atomic E-state index is 12.7. The van der Waals surface area contributed by atoms with E-state index in [9.17, 15) is 9.59 Å². The molecule has 0 unspecified atom stereocenters. The Morgan fingerprint density at radius 2 is 1.93 bits per heavy atom. The van der Waals surface area contributed by atoms with Crippen LogP contribution < -0.4 is 5.56 Å². The summed E-state index contributed by atoms with van der Waals surface area (Å²) in [4.78, 5) is 28.9. The average Bonchev–Trinajstić information content (AvgIpc) is 3.37. The maximum absolute atomic E-state index is 12.7. The predicted octanol–water partition coefficient (Wildman–Crippen LogP) is 0.492. The zero-order chi connectivity index (χ0) is 20.4. The van der Waals surface area contributed by atoms with E-state index < -0.39 is 0 Å². The van der Waals surface area contributed by atoms with Gasteiger partial charge in [0.15, 0.2) is 5.82 Å². The number of amides is 1. The summed E-state index contributed by atoms with van der Waals surface area (Å²) in [5.74, 6) is 1.12. The van der Waals surface area contributed by atoms with Gasteiger partial charge in [0.25, 0.3) is 11.5 Å². The molecule has 10 heteroatoms. The van der Waals surface area contributed by atoms with E-state index in [0.29, 0.717) is 49.0 Å². The van der Waals surface area contributed by atoms with E-state index in [4.69, 9.17) is 4.52 Å². The average molecular weight is 397 g/mol. The Hall–Kier alpha value is -3.27. The summed E-state index contributed by atoms with van der Waals surface area (Å²) >= 11 is 0. The number of nitrogens with zero attached hydrogens (tertiary/aromatic N) is 7. The predicted molar refractivity (Wildman–Crippen MR) is 104 cm³/mol. The van der Waals surface area contributed by atoms with Crippen molar-refractivity contribution in [1.29, 1.82) is 0 Å². The third-order valence-corrected chi connectivity index (χ3v) is 5.13. The van der Waals surface area contributed by atoms with Gasteiger partial charge in [-0.15, -0.1) is 5.10 Å². The summed E-state index contributed by atoms with van der Waals surface area (Å²) in [7, 11) is 0.